The number of hydrogen-bond donors (Lipinski definition) is 0. The van der Waals surface area contributed by atoms with Crippen molar-refractivity contribution in [1.29, 1.82) is 0 Å². The number of rotatable bonds is 3. The monoisotopic (exact) mass is 357 g/mol. The fourth-order valence-corrected chi connectivity index (χ4v) is 4.86. The summed E-state index contributed by atoms with van der Waals surface area (Å²) in [5.41, 5.74) is 0. The molecule has 4 rings (SSSR count). The number of carbonyl (C=O) groups is 1. The van der Waals surface area contributed by atoms with Crippen LogP contribution in [0.1, 0.15) is 44.9 Å². The van der Waals surface area contributed by atoms with Crippen molar-refractivity contribution in [2.75, 3.05) is 44.2 Å². The first-order valence-electron chi connectivity index (χ1n) is 10.4. The maximum atomic E-state index is 13.2. The standard InChI is InChI=1S/C20H31N5O/c26-19(17-6-3-11-25(16-17)18-7-1-2-8-18)23-12-5-13-24(15-14-23)20-21-9-4-10-22-20/h4,9-10,17-18H,1-3,5-8,11-16H2/t17-/m1/s1. The molecule has 3 heterocycles. The number of amides is 1. The lowest BCUT2D eigenvalue weighted by molar-refractivity contribution is -0.137. The zero-order valence-electron chi connectivity index (χ0n) is 15.7. The average Bonchev–Trinajstić information content (AvgIpc) is 3.13. The van der Waals surface area contributed by atoms with Gasteiger partial charge >= 0.3 is 0 Å². The van der Waals surface area contributed by atoms with Gasteiger partial charge in [-0.1, -0.05) is 12.8 Å². The topological polar surface area (TPSA) is 52.6 Å². The highest BCUT2D eigenvalue weighted by molar-refractivity contribution is 5.79. The third-order valence-corrected chi connectivity index (χ3v) is 6.29. The minimum atomic E-state index is 0.198. The van der Waals surface area contributed by atoms with Gasteiger partial charge in [-0.2, -0.15) is 0 Å². The van der Waals surface area contributed by atoms with Gasteiger partial charge in [0.1, 0.15) is 0 Å². The summed E-state index contributed by atoms with van der Waals surface area (Å²) in [6, 6.07) is 2.58. The molecule has 3 aliphatic rings. The molecular formula is C20H31N5O. The number of likely N-dealkylation sites (tertiary alicyclic amines) is 1. The number of carbonyl (C=O) groups excluding carboxylic acids is 1. The first-order valence-corrected chi connectivity index (χ1v) is 10.4. The zero-order chi connectivity index (χ0) is 17.8. The molecule has 3 fully saturated rings. The van der Waals surface area contributed by atoms with Gasteiger partial charge < -0.3 is 9.80 Å². The molecule has 0 spiro atoms. The van der Waals surface area contributed by atoms with E-state index in [0.717, 1.165) is 57.6 Å². The minimum absolute atomic E-state index is 0.198. The van der Waals surface area contributed by atoms with Crippen LogP contribution in [0.25, 0.3) is 0 Å². The lowest BCUT2D eigenvalue weighted by Gasteiger charge is -2.38. The van der Waals surface area contributed by atoms with E-state index in [-0.39, 0.29) is 5.92 Å². The van der Waals surface area contributed by atoms with Crippen LogP contribution in [0, 0.1) is 5.92 Å². The van der Waals surface area contributed by atoms with Crippen LogP contribution in [0.15, 0.2) is 18.5 Å². The second-order valence-electron chi connectivity index (χ2n) is 7.99. The molecule has 6 heteroatoms. The van der Waals surface area contributed by atoms with Gasteiger partial charge in [-0.25, -0.2) is 9.97 Å². The molecule has 0 unspecified atom stereocenters. The lowest BCUT2D eigenvalue weighted by Crippen LogP contribution is -2.48. The third kappa shape index (κ3) is 4.00. The Labute approximate surface area is 156 Å². The molecule has 0 N–H and O–H groups in total. The Morgan fingerprint density at radius 2 is 1.69 bits per heavy atom. The van der Waals surface area contributed by atoms with Crippen LogP contribution in [0.5, 0.6) is 0 Å². The van der Waals surface area contributed by atoms with Crippen LogP contribution >= 0.6 is 0 Å². The summed E-state index contributed by atoms with van der Waals surface area (Å²) >= 11 is 0. The Balaban J connectivity index is 1.34. The third-order valence-electron chi connectivity index (χ3n) is 6.29. The minimum Gasteiger partial charge on any atom is -0.341 e. The van der Waals surface area contributed by atoms with Gasteiger partial charge in [-0.3, -0.25) is 9.69 Å². The van der Waals surface area contributed by atoms with E-state index in [0.29, 0.717) is 5.91 Å². The van der Waals surface area contributed by atoms with E-state index in [9.17, 15) is 4.79 Å². The van der Waals surface area contributed by atoms with E-state index in [4.69, 9.17) is 0 Å². The molecule has 2 aliphatic heterocycles. The quantitative estimate of drug-likeness (QED) is 0.830. The molecule has 1 amide bonds. The van der Waals surface area contributed by atoms with E-state index in [1.54, 1.807) is 12.4 Å². The Morgan fingerprint density at radius 1 is 0.885 bits per heavy atom. The smallest absolute Gasteiger partial charge is 0.227 e. The molecular weight excluding hydrogens is 326 g/mol. The lowest BCUT2D eigenvalue weighted by atomic mass is 9.94. The van der Waals surface area contributed by atoms with E-state index in [1.807, 2.05) is 6.07 Å². The van der Waals surface area contributed by atoms with Crippen LogP contribution in [0.2, 0.25) is 0 Å². The fraction of sp³-hybridized carbons (Fsp3) is 0.750. The van der Waals surface area contributed by atoms with Crippen molar-refractivity contribution in [3.63, 3.8) is 0 Å². The molecule has 2 saturated heterocycles. The largest absolute Gasteiger partial charge is 0.341 e. The Hall–Kier alpha value is -1.69. The summed E-state index contributed by atoms with van der Waals surface area (Å²) in [5.74, 6) is 1.36. The molecule has 0 radical (unpaired) electrons. The van der Waals surface area contributed by atoms with Crippen molar-refractivity contribution < 1.29 is 4.79 Å². The first kappa shape index (κ1) is 17.7. The maximum absolute atomic E-state index is 13.2. The fourth-order valence-electron chi connectivity index (χ4n) is 4.86. The molecule has 1 aromatic rings. The molecule has 0 bridgehead atoms. The van der Waals surface area contributed by atoms with Crippen molar-refractivity contribution in [3.8, 4) is 0 Å². The molecule has 6 nitrogen and oxygen atoms in total. The average molecular weight is 358 g/mol. The number of piperidine rings is 1. The number of anilines is 1. The zero-order valence-corrected chi connectivity index (χ0v) is 15.7. The summed E-state index contributed by atoms with van der Waals surface area (Å²) in [5, 5.41) is 0. The van der Waals surface area contributed by atoms with Crippen molar-refractivity contribution in [1.82, 2.24) is 19.8 Å². The Bertz CT molecular complexity index is 589. The van der Waals surface area contributed by atoms with Gasteiger partial charge in [0.05, 0.1) is 5.92 Å². The molecule has 1 saturated carbocycles. The second kappa shape index (κ2) is 8.33. The second-order valence-corrected chi connectivity index (χ2v) is 7.99. The molecule has 142 valence electrons. The Morgan fingerprint density at radius 3 is 2.50 bits per heavy atom. The SMILES string of the molecule is O=C([C@@H]1CCCN(C2CCCC2)C1)N1CCCN(c2ncccn2)CC1. The van der Waals surface area contributed by atoms with Crippen LogP contribution < -0.4 is 4.90 Å². The van der Waals surface area contributed by atoms with Crippen LogP contribution in [-0.4, -0.2) is 71.0 Å². The highest BCUT2D eigenvalue weighted by Gasteiger charge is 2.33. The van der Waals surface area contributed by atoms with Gasteiger partial charge in [0.2, 0.25) is 11.9 Å². The normalized spacial score (nSPS) is 26.1. The van der Waals surface area contributed by atoms with Crippen molar-refractivity contribution >= 4 is 11.9 Å². The summed E-state index contributed by atoms with van der Waals surface area (Å²) in [6.45, 7) is 5.57. The van der Waals surface area contributed by atoms with Gasteiger partial charge in [0.25, 0.3) is 0 Å². The first-order chi connectivity index (χ1) is 12.8. The predicted molar refractivity (Wildman–Crippen MR) is 102 cm³/mol. The highest BCUT2D eigenvalue weighted by Crippen LogP contribution is 2.28. The summed E-state index contributed by atoms with van der Waals surface area (Å²) in [7, 11) is 0. The van der Waals surface area contributed by atoms with Gasteiger partial charge in [-0.15, -0.1) is 0 Å². The molecule has 1 aromatic heterocycles. The number of nitrogens with zero attached hydrogens (tertiary/aromatic N) is 5. The van der Waals surface area contributed by atoms with Crippen molar-refractivity contribution in [2.45, 2.75) is 51.0 Å². The Kier molecular flexibility index (Phi) is 5.68. The number of hydrogen-bond acceptors (Lipinski definition) is 5. The maximum Gasteiger partial charge on any atom is 0.227 e. The van der Waals surface area contributed by atoms with Gasteiger partial charge in [0.15, 0.2) is 0 Å². The van der Waals surface area contributed by atoms with Gasteiger partial charge in [0, 0.05) is 51.2 Å². The van der Waals surface area contributed by atoms with Crippen LogP contribution in [0.3, 0.4) is 0 Å². The summed E-state index contributed by atoms with van der Waals surface area (Å²) in [4.78, 5) is 28.8. The number of aromatic nitrogens is 2. The van der Waals surface area contributed by atoms with E-state index in [1.165, 1.54) is 38.6 Å². The predicted octanol–water partition coefficient (Wildman–Crippen LogP) is 2.17. The molecule has 1 aliphatic carbocycles. The summed E-state index contributed by atoms with van der Waals surface area (Å²) < 4.78 is 0. The van der Waals surface area contributed by atoms with Crippen molar-refractivity contribution in [3.05, 3.63) is 18.5 Å². The van der Waals surface area contributed by atoms with Crippen LogP contribution in [0.4, 0.5) is 5.95 Å². The summed E-state index contributed by atoms with van der Waals surface area (Å²) in [6.07, 6.45) is 12.2. The van der Waals surface area contributed by atoms with Crippen molar-refractivity contribution in [2.24, 2.45) is 5.92 Å². The molecule has 26 heavy (non-hydrogen) atoms. The van der Waals surface area contributed by atoms with Crippen LogP contribution in [-0.2, 0) is 4.79 Å². The molecule has 1 atom stereocenters. The molecule has 0 aromatic carbocycles. The highest BCUT2D eigenvalue weighted by atomic mass is 16.2. The van der Waals surface area contributed by atoms with E-state index >= 15 is 0 Å². The van der Waals surface area contributed by atoms with E-state index in [2.05, 4.69) is 24.7 Å². The van der Waals surface area contributed by atoms with E-state index < -0.39 is 0 Å². The van der Waals surface area contributed by atoms with Gasteiger partial charge in [-0.05, 0) is 44.7 Å².